The van der Waals surface area contributed by atoms with E-state index < -0.39 is 23.1 Å². The molecule has 28 heavy (non-hydrogen) atoms. The Morgan fingerprint density at radius 2 is 1.82 bits per heavy atom. The molecule has 148 valence electrons. The third kappa shape index (κ3) is 4.88. The van der Waals surface area contributed by atoms with E-state index >= 15 is 0 Å². The lowest BCUT2D eigenvalue weighted by molar-refractivity contribution is 0.0857. The van der Waals surface area contributed by atoms with Gasteiger partial charge in [0.2, 0.25) is 0 Å². The van der Waals surface area contributed by atoms with E-state index in [0.717, 1.165) is 32.0 Å². The number of likely N-dealkylation sites (tertiary alicyclic amines) is 1. The Labute approximate surface area is 166 Å². The van der Waals surface area contributed by atoms with Crippen molar-refractivity contribution in [3.63, 3.8) is 0 Å². The molecule has 0 radical (unpaired) electrons. The van der Waals surface area contributed by atoms with E-state index in [1.54, 1.807) is 24.3 Å². The van der Waals surface area contributed by atoms with Crippen LogP contribution in [0.15, 0.2) is 36.4 Å². The zero-order chi connectivity index (χ0) is 20.3. The third-order valence-corrected chi connectivity index (χ3v) is 4.94. The Bertz CT molecular complexity index is 898. The van der Waals surface area contributed by atoms with Crippen LogP contribution in [0.25, 0.3) is 0 Å². The van der Waals surface area contributed by atoms with Gasteiger partial charge in [-0.25, -0.2) is 13.2 Å². The van der Waals surface area contributed by atoms with Crippen molar-refractivity contribution in [2.45, 2.75) is 12.8 Å². The van der Waals surface area contributed by atoms with Crippen LogP contribution in [0.2, 0.25) is 0 Å². The average Bonchev–Trinajstić information content (AvgIpc) is 2.66. The molecule has 8 heteroatoms. The fourth-order valence-corrected chi connectivity index (χ4v) is 3.42. The van der Waals surface area contributed by atoms with Crippen LogP contribution in [-0.4, -0.2) is 35.9 Å². The molecule has 0 spiro atoms. The molecule has 1 saturated heterocycles. The smallest absolute Gasteiger partial charge is 0.182 e. The SMILES string of the molecule is CN1CCC(C(=O)c2cccc(NC(=S)Nc3cc(F)cc(F)c3F)c2)CC1. The fourth-order valence-electron chi connectivity index (χ4n) is 3.19. The molecule has 3 rings (SSSR count). The molecular weight excluding hydrogens is 387 g/mol. The standard InChI is InChI=1S/C20H20F3N3OS/c1-26-7-5-12(6-8-26)19(27)13-3-2-4-15(9-13)24-20(28)25-17-11-14(21)10-16(22)18(17)23/h2-4,9-12H,5-8H2,1H3,(H2,24,25,28). The van der Waals surface area contributed by atoms with Gasteiger partial charge in [0.05, 0.1) is 5.69 Å². The highest BCUT2D eigenvalue weighted by Gasteiger charge is 2.24. The molecular formula is C20H20F3N3OS. The second kappa shape index (κ2) is 8.70. The molecule has 1 fully saturated rings. The van der Waals surface area contributed by atoms with Crippen LogP contribution in [0.4, 0.5) is 24.5 Å². The number of ketones is 1. The van der Waals surface area contributed by atoms with Crippen LogP contribution >= 0.6 is 12.2 Å². The van der Waals surface area contributed by atoms with E-state index in [2.05, 4.69) is 15.5 Å². The van der Waals surface area contributed by atoms with Crippen LogP contribution < -0.4 is 10.6 Å². The summed E-state index contributed by atoms with van der Waals surface area (Å²) in [6.07, 6.45) is 1.63. The van der Waals surface area contributed by atoms with Crippen LogP contribution in [-0.2, 0) is 0 Å². The summed E-state index contributed by atoms with van der Waals surface area (Å²) in [5, 5.41) is 5.19. The first kappa shape index (κ1) is 20.3. The molecule has 0 atom stereocenters. The average molecular weight is 407 g/mol. The van der Waals surface area contributed by atoms with Crippen molar-refractivity contribution in [1.82, 2.24) is 4.90 Å². The predicted octanol–water partition coefficient (Wildman–Crippen LogP) is 4.44. The summed E-state index contributed by atoms with van der Waals surface area (Å²) in [7, 11) is 2.03. The zero-order valence-corrected chi connectivity index (χ0v) is 16.1. The lowest BCUT2D eigenvalue weighted by atomic mass is 9.89. The maximum atomic E-state index is 13.7. The van der Waals surface area contributed by atoms with Crippen molar-refractivity contribution in [3.8, 4) is 0 Å². The maximum absolute atomic E-state index is 13.7. The van der Waals surface area contributed by atoms with Crippen molar-refractivity contribution < 1.29 is 18.0 Å². The van der Waals surface area contributed by atoms with Gasteiger partial charge in [0.15, 0.2) is 22.5 Å². The van der Waals surface area contributed by atoms with Crippen LogP contribution in [0.1, 0.15) is 23.2 Å². The normalized spacial score (nSPS) is 15.3. The number of halogens is 3. The number of carbonyl (C=O) groups excluding carboxylic acids is 1. The fraction of sp³-hybridized carbons (Fsp3) is 0.300. The molecule has 2 aromatic rings. The number of rotatable bonds is 4. The van der Waals surface area contributed by atoms with Crippen molar-refractivity contribution in [2.24, 2.45) is 5.92 Å². The third-order valence-electron chi connectivity index (χ3n) is 4.74. The van der Waals surface area contributed by atoms with Crippen LogP contribution in [0.5, 0.6) is 0 Å². The lowest BCUT2D eigenvalue weighted by Crippen LogP contribution is -2.33. The van der Waals surface area contributed by atoms with Gasteiger partial charge in [0.25, 0.3) is 0 Å². The number of hydrogen-bond acceptors (Lipinski definition) is 3. The van der Waals surface area contributed by atoms with Crippen molar-refractivity contribution >= 4 is 34.5 Å². The molecule has 0 bridgehead atoms. The van der Waals surface area contributed by atoms with E-state index in [0.29, 0.717) is 17.3 Å². The Balaban J connectivity index is 1.67. The molecule has 0 amide bonds. The van der Waals surface area contributed by atoms with E-state index in [1.165, 1.54) is 0 Å². The molecule has 0 unspecified atom stereocenters. The van der Waals surface area contributed by atoms with E-state index in [9.17, 15) is 18.0 Å². The number of anilines is 2. The predicted molar refractivity (Wildman–Crippen MR) is 107 cm³/mol. The van der Waals surface area contributed by atoms with Gasteiger partial charge in [0, 0.05) is 29.3 Å². The van der Waals surface area contributed by atoms with Gasteiger partial charge in [0.1, 0.15) is 5.82 Å². The Morgan fingerprint density at radius 3 is 2.54 bits per heavy atom. The molecule has 1 aliphatic rings. The molecule has 0 aromatic heterocycles. The van der Waals surface area contributed by atoms with E-state index in [4.69, 9.17) is 12.2 Å². The Hall–Kier alpha value is -2.45. The van der Waals surface area contributed by atoms with Gasteiger partial charge < -0.3 is 15.5 Å². The van der Waals surface area contributed by atoms with Crippen molar-refractivity contribution in [3.05, 3.63) is 59.4 Å². The van der Waals surface area contributed by atoms with Crippen LogP contribution in [0, 0.1) is 23.4 Å². The quantitative estimate of drug-likeness (QED) is 0.446. The maximum Gasteiger partial charge on any atom is 0.182 e. The van der Waals surface area contributed by atoms with Crippen LogP contribution in [0.3, 0.4) is 0 Å². The van der Waals surface area contributed by atoms with E-state index in [-0.39, 0.29) is 16.8 Å². The molecule has 2 N–H and O–H groups in total. The Morgan fingerprint density at radius 1 is 1.11 bits per heavy atom. The summed E-state index contributed by atoms with van der Waals surface area (Å²) in [6.45, 7) is 1.77. The second-order valence-electron chi connectivity index (χ2n) is 6.85. The van der Waals surface area contributed by atoms with Crippen molar-refractivity contribution in [1.29, 1.82) is 0 Å². The van der Waals surface area contributed by atoms with Gasteiger partial charge in [-0.05, 0) is 57.3 Å². The number of carbonyl (C=O) groups is 1. The summed E-state index contributed by atoms with van der Waals surface area (Å²) in [5.41, 5.74) is 0.674. The lowest BCUT2D eigenvalue weighted by Gasteiger charge is -2.28. The molecule has 0 saturated carbocycles. The number of thiocarbonyl (C=S) groups is 1. The molecule has 2 aromatic carbocycles. The number of benzene rings is 2. The van der Waals surface area contributed by atoms with Gasteiger partial charge in [-0.15, -0.1) is 0 Å². The minimum atomic E-state index is -1.31. The number of piperidine rings is 1. The second-order valence-corrected chi connectivity index (χ2v) is 7.26. The highest BCUT2D eigenvalue weighted by atomic mass is 32.1. The first-order valence-corrected chi connectivity index (χ1v) is 9.29. The highest BCUT2D eigenvalue weighted by molar-refractivity contribution is 7.80. The molecule has 1 heterocycles. The largest absolute Gasteiger partial charge is 0.332 e. The summed E-state index contributed by atoms with van der Waals surface area (Å²) in [5.74, 6) is -3.39. The van der Waals surface area contributed by atoms with Gasteiger partial charge in [-0.3, -0.25) is 4.79 Å². The van der Waals surface area contributed by atoms with Gasteiger partial charge >= 0.3 is 0 Å². The minimum Gasteiger partial charge on any atom is -0.332 e. The van der Waals surface area contributed by atoms with Gasteiger partial charge in [-0.2, -0.15) is 0 Å². The number of nitrogens with one attached hydrogen (secondary N) is 2. The van der Waals surface area contributed by atoms with E-state index in [1.807, 2.05) is 7.05 Å². The zero-order valence-electron chi connectivity index (χ0n) is 15.3. The number of hydrogen-bond donors (Lipinski definition) is 2. The Kier molecular flexibility index (Phi) is 6.31. The summed E-state index contributed by atoms with van der Waals surface area (Å²) in [4.78, 5) is 14.9. The molecule has 4 nitrogen and oxygen atoms in total. The number of Topliss-reactive ketones (excluding diaryl/α,β-unsaturated/α-hetero) is 1. The minimum absolute atomic E-state index is 0.0131. The first-order chi connectivity index (χ1) is 13.3. The molecule has 0 aliphatic carbocycles. The monoisotopic (exact) mass is 407 g/mol. The molecule has 1 aliphatic heterocycles. The summed E-state index contributed by atoms with van der Waals surface area (Å²) < 4.78 is 40.3. The summed E-state index contributed by atoms with van der Waals surface area (Å²) in [6, 6.07) is 8.08. The topological polar surface area (TPSA) is 44.4 Å². The first-order valence-electron chi connectivity index (χ1n) is 8.89. The highest BCUT2D eigenvalue weighted by Crippen LogP contribution is 2.23. The van der Waals surface area contributed by atoms with Crippen molar-refractivity contribution in [2.75, 3.05) is 30.8 Å². The van der Waals surface area contributed by atoms with Gasteiger partial charge in [-0.1, -0.05) is 12.1 Å². The number of nitrogens with zero attached hydrogens (tertiary/aromatic N) is 1. The summed E-state index contributed by atoms with van der Waals surface area (Å²) >= 11 is 5.09.